The van der Waals surface area contributed by atoms with Crippen molar-refractivity contribution in [1.29, 1.82) is 0 Å². The Kier molecular flexibility index (Phi) is 5.01. The quantitative estimate of drug-likeness (QED) is 0.465. The molecular formula is C24H28N4O. The molecule has 0 radical (unpaired) electrons. The van der Waals surface area contributed by atoms with Crippen LogP contribution in [0.3, 0.4) is 0 Å². The average molecular weight is 389 g/mol. The van der Waals surface area contributed by atoms with Gasteiger partial charge in [-0.1, -0.05) is 63.2 Å². The minimum absolute atomic E-state index is 0.0795. The van der Waals surface area contributed by atoms with Crippen molar-refractivity contribution in [3.63, 3.8) is 0 Å². The summed E-state index contributed by atoms with van der Waals surface area (Å²) in [5.74, 6) is -0.115. The molecule has 0 bridgehead atoms. The highest BCUT2D eigenvalue weighted by Crippen LogP contribution is 2.31. The van der Waals surface area contributed by atoms with Gasteiger partial charge in [-0.15, -0.1) is 0 Å². The monoisotopic (exact) mass is 388 g/mol. The highest BCUT2D eigenvalue weighted by atomic mass is 16.2. The fraction of sp³-hybridized carbons (Fsp3) is 0.333. The van der Waals surface area contributed by atoms with Crippen LogP contribution in [0.15, 0.2) is 53.6 Å². The van der Waals surface area contributed by atoms with Crippen LogP contribution in [0.5, 0.6) is 0 Å². The zero-order valence-electron chi connectivity index (χ0n) is 17.4. The van der Waals surface area contributed by atoms with Crippen molar-refractivity contribution in [3.05, 3.63) is 70.9 Å². The molecule has 5 heteroatoms. The van der Waals surface area contributed by atoms with E-state index < -0.39 is 0 Å². The zero-order chi connectivity index (χ0) is 20.6. The van der Waals surface area contributed by atoms with Gasteiger partial charge in [-0.05, 0) is 41.5 Å². The largest absolute Gasteiger partial charge is 0.357 e. The van der Waals surface area contributed by atoms with E-state index in [4.69, 9.17) is 0 Å². The highest BCUT2D eigenvalue weighted by Gasteiger charge is 2.30. The standard InChI is InChI=1S/C24H28N4O/c1-15-22-19(18-7-5-6-8-20(18)27-22)13-21(26-15)23(29)28-25-14-16-9-11-17(12-10-16)24(2,3)4/h5-12,14-15,21,26-27H,13H2,1-4H3,(H,28,29)/t15-,21-/m0/s1. The maximum absolute atomic E-state index is 12.7. The third-order valence-corrected chi connectivity index (χ3v) is 5.62. The van der Waals surface area contributed by atoms with E-state index in [0.717, 1.165) is 16.8 Å². The third kappa shape index (κ3) is 3.96. The van der Waals surface area contributed by atoms with E-state index in [1.54, 1.807) is 6.21 Å². The normalized spacial score (nSPS) is 19.4. The molecule has 3 aromatic rings. The topological polar surface area (TPSA) is 69.3 Å². The zero-order valence-corrected chi connectivity index (χ0v) is 17.4. The number of aromatic nitrogens is 1. The molecule has 0 aliphatic carbocycles. The molecular weight excluding hydrogens is 360 g/mol. The van der Waals surface area contributed by atoms with Gasteiger partial charge in [0.2, 0.25) is 0 Å². The number of para-hydroxylation sites is 1. The second-order valence-electron chi connectivity index (χ2n) is 8.81. The van der Waals surface area contributed by atoms with E-state index in [1.165, 1.54) is 16.5 Å². The highest BCUT2D eigenvalue weighted by molar-refractivity contribution is 5.89. The van der Waals surface area contributed by atoms with Crippen LogP contribution >= 0.6 is 0 Å². The van der Waals surface area contributed by atoms with Gasteiger partial charge in [0, 0.05) is 22.6 Å². The molecule has 1 aliphatic heterocycles. The first kappa shape index (κ1) is 19.4. The number of amides is 1. The Morgan fingerprint density at radius 3 is 2.59 bits per heavy atom. The molecule has 5 nitrogen and oxygen atoms in total. The molecule has 0 spiro atoms. The molecule has 29 heavy (non-hydrogen) atoms. The van der Waals surface area contributed by atoms with Gasteiger partial charge in [0.1, 0.15) is 0 Å². The van der Waals surface area contributed by atoms with Gasteiger partial charge in [0.25, 0.3) is 5.91 Å². The molecule has 0 unspecified atom stereocenters. The van der Waals surface area contributed by atoms with Crippen LogP contribution in [-0.4, -0.2) is 23.1 Å². The fourth-order valence-corrected chi connectivity index (χ4v) is 3.94. The predicted octanol–water partition coefficient (Wildman–Crippen LogP) is 4.19. The summed E-state index contributed by atoms with van der Waals surface area (Å²) in [7, 11) is 0. The lowest BCUT2D eigenvalue weighted by atomic mass is 9.87. The molecule has 0 saturated carbocycles. The molecule has 2 heterocycles. The van der Waals surface area contributed by atoms with E-state index in [9.17, 15) is 4.79 Å². The Hall–Kier alpha value is -2.92. The molecule has 0 saturated heterocycles. The van der Waals surface area contributed by atoms with E-state index in [1.807, 2.05) is 24.3 Å². The maximum atomic E-state index is 12.7. The van der Waals surface area contributed by atoms with Gasteiger partial charge in [0.15, 0.2) is 0 Å². The second kappa shape index (κ2) is 7.48. The maximum Gasteiger partial charge on any atom is 0.257 e. The van der Waals surface area contributed by atoms with Crippen LogP contribution in [0.2, 0.25) is 0 Å². The van der Waals surface area contributed by atoms with Gasteiger partial charge in [-0.3, -0.25) is 10.1 Å². The first-order valence-corrected chi connectivity index (χ1v) is 10.1. The summed E-state index contributed by atoms with van der Waals surface area (Å²) < 4.78 is 0. The number of carbonyl (C=O) groups is 1. The number of fused-ring (bicyclic) bond motifs is 3. The van der Waals surface area contributed by atoms with Crippen molar-refractivity contribution >= 4 is 23.0 Å². The van der Waals surface area contributed by atoms with Gasteiger partial charge in [-0.2, -0.15) is 5.10 Å². The minimum atomic E-state index is -0.308. The Labute approximate surface area is 171 Å². The van der Waals surface area contributed by atoms with Gasteiger partial charge < -0.3 is 4.98 Å². The summed E-state index contributed by atoms with van der Waals surface area (Å²) in [6.45, 7) is 8.64. The van der Waals surface area contributed by atoms with E-state index >= 15 is 0 Å². The number of aromatic amines is 1. The van der Waals surface area contributed by atoms with Crippen molar-refractivity contribution in [2.75, 3.05) is 0 Å². The van der Waals surface area contributed by atoms with Crippen LogP contribution in [0.1, 0.15) is 56.1 Å². The molecule has 1 amide bonds. The number of rotatable bonds is 3. The van der Waals surface area contributed by atoms with E-state index in [2.05, 4.69) is 72.8 Å². The Morgan fingerprint density at radius 1 is 1.14 bits per heavy atom. The number of hydrazone groups is 1. The van der Waals surface area contributed by atoms with Crippen LogP contribution in [0.25, 0.3) is 10.9 Å². The number of carbonyl (C=O) groups excluding carboxylic acids is 1. The van der Waals surface area contributed by atoms with E-state index in [0.29, 0.717) is 6.42 Å². The van der Waals surface area contributed by atoms with E-state index in [-0.39, 0.29) is 23.4 Å². The first-order chi connectivity index (χ1) is 13.8. The van der Waals surface area contributed by atoms with Gasteiger partial charge >= 0.3 is 0 Å². The van der Waals surface area contributed by atoms with Gasteiger partial charge in [0.05, 0.1) is 12.3 Å². The number of H-pyrrole nitrogens is 1. The van der Waals surface area contributed by atoms with Crippen LogP contribution in [0.4, 0.5) is 0 Å². The predicted molar refractivity (Wildman–Crippen MR) is 118 cm³/mol. The Morgan fingerprint density at radius 2 is 1.86 bits per heavy atom. The molecule has 0 fully saturated rings. The number of nitrogens with zero attached hydrogens (tertiary/aromatic N) is 1. The van der Waals surface area contributed by atoms with Crippen LogP contribution < -0.4 is 10.7 Å². The summed E-state index contributed by atoms with van der Waals surface area (Å²) in [5, 5.41) is 8.75. The summed E-state index contributed by atoms with van der Waals surface area (Å²) in [5.41, 5.74) is 8.54. The number of hydrogen-bond acceptors (Lipinski definition) is 3. The average Bonchev–Trinajstić information content (AvgIpc) is 3.07. The van der Waals surface area contributed by atoms with Crippen molar-refractivity contribution in [2.24, 2.45) is 5.10 Å². The molecule has 4 rings (SSSR count). The molecule has 2 atom stereocenters. The lowest BCUT2D eigenvalue weighted by Crippen LogP contribution is -2.47. The molecule has 1 aliphatic rings. The summed E-state index contributed by atoms with van der Waals surface area (Å²) in [4.78, 5) is 16.2. The smallest absolute Gasteiger partial charge is 0.257 e. The SMILES string of the molecule is C[C@@H]1N[C@H](C(=O)NN=Cc2ccc(C(C)(C)C)cc2)Cc2c1[nH]c1ccccc21. The second-order valence-corrected chi connectivity index (χ2v) is 8.81. The molecule has 150 valence electrons. The fourth-order valence-electron chi connectivity index (χ4n) is 3.94. The lowest BCUT2D eigenvalue weighted by molar-refractivity contribution is -0.123. The number of nitrogens with one attached hydrogen (secondary N) is 3. The lowest BCUT2D eigenvalue weighted by Gasteiger charge is -2.27. The summed E-state index contributed by atoms with van der Waals surface area (Å²) in [6.07, 6.45) is 2.33. The van der Waals surface area contributed by atoms with Crippen LogP contribution in [-0.2, 0) is 16.6 Å². The first-order valence-electron chi connectivity index (χ1n) is 10.1. The summed E-state index contributed by atoms with van der Waals surface area (Å²) >= 11 is 0. The molecule has 2 aromatic carbocycles. The Balaban J connectivity index is 1.43. The molecule has 3 N–H and O–H groups in total. The third-order valence-electron chi connectivity index (χ3n) is 5.62. The number of hydrogen-bond donors (Lipinski definition) is 3. The van der Waals surface area contributed by atoms with Crippen LogP contribution in [0, 0.1) is 0 Å². The van der Waals surface area contributed by atoms with Crippen molar-refractivity contribution in [2.45, 2.75) is 51.6 Å². The van der Waals surface area contributed by atoms with Crippen molar-refractivity contribution in [1.82, 2.24) is 15.7 Å². The van der Waals surface area contributed by atoms with Crippen molar-refractivity contribution < 1.29 is 4.79 Å². The number of benzene rings is 2. The van der Waals surface area contributed by atoms with Crippen molar-refractivity contribution in [3.8, 4) is 0 Å². The summed E-state index contributed by atoms with van der Waals surface area (Å²) in [6, 6.07) is 16.3. The molecule has 1 aromatic heterocycles. The Bertz CT molecular complexity index is 1060. The van der Waals surface area contributed by atoms with Gasteiger partial charge in [-0.25, -0.2) is 5.43 Å². The minimum Gasteiger partial charge on any atom is -0.357 e.